The maximum absolute atomic E-state index is 12.5. The monoisotopic (exact) mass is 304 g/mol. The molecule has 1 amide bonds. The van der Waals surface area contributed by atoms with Crippen molar-refractivity contribution in [3.05, 3.63) is 30.2 Å². The Balaban J connectivity index is 1.77. The van der Waals surface area contributed by atoms with E-state index in [1.165, 1.54) is 17.2 Å². The van der Waals surface area contributed by atoms with Crippen LogP contribution in [0.25, 0.3) is 11.5 Å². The van der Waals surface area contributed by atoms with Gasteiger partial charge in [0.25, 0.3) is 5.91 Å². The molecule has 7 nitrogen and oxygen atoms in total. The first-order chi connectivity index (χ1) is 10.5. The molecule has 0 radical (unpaired) electrons. The number of carboxylic acids is 1. The van der Waals surface area contributed by atoms with Crippen LogP contribution in [0.2, 0.25) is 0 Å². The lowest BCUT2D eigenvalue weighted by Gasteiger charge is -2.34. The second-order valence-corrected chi connectivity index (χ2v) is 5.64. The van der Waals surface area contributed by atoms with E-state index in [9.17, 15) is 14.7 Å². The number of aromatic nitrogens is 1. The first-order valence-corrected chi connectivity index (χ1v) is 7.07. The summed E-state index contributed by atoms with van der Waals surface area (Å²) in [4.78, 5) is 25.2. The molecule has 1 aliphatic heterocycles. The topological polar surface area (TPSA) is 96.8 Å². The minimum atomic E-state index is -0.874. The third-order valence-corrected chi connectivity index (χ3v) is 3.79. The number of rotatable bonds is 3. The third kappa shape index (κ3) is 2.74. The highest BCUT2D eigenvalue weighted by Gasteiger charge is 2.33. The van der Waals surface area contributed by atoms with Gasteiger partial charge >= 0.3 is 5.97 Å². The van der Waals surface area contributed by atoms with Crippen molar-refractivity contribution in [3.8, 4) is 11.5 Å². The highest BCUT2D eigenvalue weighted by Crippen LogP contribution is 2.25. The van der Waals surface area contributed by atoms with Crippen molar-refractivity contribution in [1.29, 1.82) is 0 Å². The average Bonchev–Trinajstić information content (AvgIpc) is 3.16. The smallest absolute Gasteiger partial charge is 0.308 e. The normalized spacial score (nSPS) is 21.8. The van der Waals surface area contributed by atoms with Gasteiger partial charge in [-0.25, -0.2) is 0 Å². The molecule has 2 aromatic heterocycles. The number of piperidine rings is 1. The van der Waals surface area contributed by atoms with Crippen molar-refractivity contribution in [3.63, 3.8) is 0 Å². The molecule has 0 saturated carbocycles. The molecule has 2 atom stereocenters. The van der Waals surface area contributed by atoms with Gasteiger partial charge in [0, 0.05) is 19.2 Å². The van der Waals surface area contributed by atoms with E-state index in [1.807, 2.05) is 6.92 Å². The van der Waals surface area contributed by atoms with Crippen LogP contribution in [0.3, 0.4) is 0 Å². The Morgan fingerprint density at radius 2 is 2.18 bits per heavy atom. The van der Waals surface area contributed by atoms with Crippen molar-refractivity contribution >= 4 is 11.9 Å². The number of furan rings is 1. The molecule has 3 rings (SSSR count). The summed E-state index contributed by atoms with van der Waals surface area (Å²) >= 11 is 0. The summed E-state index contributed by atoms with van der Waals surface area (Å²) in [5.41, 5.74) is 0.157. The SMILES string of the molecule is CC1CC(C(=O)O)CN(C(=O)c2cc(-c3ccco3)on2)C1. The van der Waals surface area contributed by atoms with Crippen LogP contribution in [-0.2, 0) is 4.79 Å². The Bertz CT molecular complexity index is 676. The highest BCUT2D eigenvalue weighted by molar-refractivity contribution is 5.93. The fraction of sp³-hybridized carbons (Fsp3) is 0.400. The Morgan fingerprint density at radius 3 is 2.86 bits per heavy atom. The summed E-state index contributed by atoms with van der Waals surface area (Å²) in [7, 11) is 0. The van der Waals surface area contributed by atoms with E-state index in [-0.39, 0.29) is 24.1 Å². The summed E-state index contributed by atoms with van der Waals surface area (Å²) in [6.07, 6.45) is 2.08. The van der Waals surface area contributed by atoms with Gasteiger partial charge < -0.3 is 18.9 Å². The van der Waals surface area contributed by atoms with E-state index in [0.717, 1.165) is 0 Å². The Morgan fingerprint density at radius 1 is 1.36 bits per heavy atom. The molecular weight excluding hydrogens is 288 g/mol. The molecule has 2 aromatic rings. The number of carboxylic acid groups (broad SMARTS) is 1. The maximum atomic E-state index is 12.5. The molecule has 1 N–H and O–H groups in total. The van der Waals surface area contributed by atoms with Gasteiger partial charge in [-0.3, -0.25) is 9.59 Å². The van der Waals surface area contributed by atoms with Gasteiger partial charge in [-0.05, 0) is 24.5 Å². The second-order valence-electron chi connectivity index (χ2n) is 5.64. The molecule has 0 aromatic carbocycles. The molecule has 1 fully saturated rings. The van der Waals surface area contributed by atoms with Crippen molar-refractivity contribution in [1.82, 2.24) is 10.1 Å². The molecule has 3 heterocycles. The zero-order chi connectivity index (χ0) is 15.7. The number of hydrogen-bond donors (Lipinski definition) is 1. The van der Waals surface area contributed by atoms with Crippen LogP contribution in [-0.4, -0.2) is 40.1 Å². The molecule has 116 valence electrons. The largest absolute Gasteiger partial charge is 0.481 e. The van der Waals surface area contributed by atoms with Crippen LogP contribution in [0.15, 0.2) is 33.4 Å². The van der Waals surface area contributed by atoms with Gasteiger partial charge in [0.2, 0.25) is 5.76 Å². The van der Waals surface area contributed by atoms with Crippen LogP contribution in [0.5, 0.6) is 0 Å². The van der Waals surface area contributed by atoms with Gasteiger partial charge in [-0.1, -0.05) is 12.1 Å². The predicted octanol–water partition coefficient (Wildman–Crippen LogP) is 2.12. The van der Waals surface area contributed by atoms with Crippen molar-refractivity contribution in [2.75, 3.05) is 13.1 Å². The zero-order valence-corrected chi connectivity index (χ0v) is 12.1. The fourth-order valence-electron chi connectivity index (χ4n) is 2.77. The van der Waals surface area contributed by atoms with Gasteiger partial charge in [0.1, 0.15) is 0 Å². The lowest BCUT2D eigenvalue weighted by molar-refractivity contribution is -0.143. The molecule has 7 heteroatoms. The van der Waals surface area contributed by atoms with E-state index in [2.05, 4.69) is 5.16 Å². The quantitative estimate of drug-likeness (QED) is 0.933. The molecule has 1 aliphatic rings. The van der Waals surface area contributed by atoms with Crippen LogP contribution < -0.4 is 0 Å². The van der Waals surface area contributed by atoms with Crippen molar-refractivity contribution in [2.24, 2.45) is 11.8 Å². The minimum absolute atomic E-state index is 0.134. The molecule has 22 heavy (non-hydrogen) atoms. The summed E-state index contributed by atoms with van der Waals surface area (Å²) in [5.74, 6) is -0.741. The Kier molecular flexibility index (Phi) is 3.70. The summed E-state index contributed by atoms with van der Waals surface area (Å²) in [5, 5.41) is 12.9. The number of nitrogens with zero attached hydrogens (tertiary/aromatic N) is 2. The van der Waals surface area contributed by atoms with E-state index in [4.69, 9.17) is 8.94 Å². The van der Waals surface area contributed by atoms with Crippen LogP contribution in [0.4, 0.5) is 0 Å². The molecule has 1 saturated heterocycles. The van der Waals surface area contributed by atoms with Crippen LogP contribution in [0.1, 0.15) is 23.8 Å². The van der Waals surface area contributed by atoms with Gasteiger partial charge in [-0.2, -0.15) is 0 Å². The summed E-state index contributed by atoms with van der Waals surface area (Å²) in [6.45, 7) is 2.65. The van der Waals surface area contributed by atoms with Crippen molar-refractivity contribution in [2.45, 2.75) is 13.3 Å². The van der Waals surface area contributed by atoms with Crippen molar-refractivity contribution < 1.29 is 23.6 Å². The van der Waals surface area contributed by atoms with E-state index in [1.54, 1.807) is 12.1 Å². The minimum Gasteiger partial charge on any atom is -0.481 e. The lowest BCUT2D eigenvalue weighted by atomic mass is 9.90. The summed E-state index contributed by atoms with van der Waals surface area (Å²) in [6, 6.07) is 4.93. The molecule has 0 bridgehead atoms. The van der Waals surface area contributed by atoms with Gasteiger partial charge in [0.15, 0.2) is 11.5 Å². The molecule has 2 unspecified atom stereocenters. The van der Waals surface area contributed by atoms with Crippen LogP contribution in [0, 0.1) is 11.8 Å². The van der Waals surface area contributed by atoms with E-state index in [0.29, 0.717) is 24.5 Å². The predicted molar refractivity (Wildman–Crippen MR) is 75.0 cm³/mol. The van der Waals surface area contributed by atoms with Crippen LogP contribution >= 0.6 is 0 Å². The Hall–Kier alpha value is -2.57. The summed E-state index contributed by atoms with van der Waals surface area (Å²) < 4.78 is 10.3. The van der Waals surface area contributed by atoms with Gasteiger partial charge in [0.05, 0.1) is 12.2 Å². The standard InChI is InChI=1S/C15H16N2O5/c1-9-5-10(15(19)20)8-17(7-9)14(18)11-6-13(22-16-11)12-3-2-4-21-12/h2-4,6,9-10H,5,7-8H2,1H3,(H,19,20). The second kappa shape index (κ2) is 5.67. The average molecular weight is 304 g/mol. The number of hydrogen-bond acceptors (Lipinski definition) is 5. The van der Waals surface area contributed by atoms with E-state index >= 15 is 0 Å². The lowest BCUT2D eigenvalue weighted by Crippen LogP contribution is -2.45. The number of likely N-dealkylation sites (tertiary alicyclic amines) is 1. The maximum Gasteiger partial charge on any atom is 0.308 e. The molecule has 0 spiro atoms. The first-order valence-electron chi connectivity index (χ1n) is 7.07. The number of carbonyl (C=O) groups is 2. The van der Waals surface area contributed by atoms with Gasteiger partial charge in [-0.15, -0.1) is 0 Å². The molecule has 0 aliphatic carbocycles. The van der Waals surface area contributed by atoms with E-state index < -0.39 is 11.9 Å². The highest BCUT2D eigenvalue weighted by atomic mass is 16.5. The molecular formula is C15H16N2O5. The first kappa shape index (κ1) is 14.4. The fourth-order valence-corrected chi connectivity index (χ4v) is 2.77. The third-order valence-electron chi connectivity index (χ3n) is 3.79. The number of aliphatic carboxylic acids is 1. The number of carbonyl (C=O) groups excluding carboxylic acids is 1. The number of amides is 1. The Labute approximate surface area is 126 Å². The zero-order valence-electron chi connectivity index (χ0n) is 12.1.